The van der Waals surface area contributed by atoms with Gasteiger partial charge in [0.1, 0.15) is 18.0 Å². The molecule has 2 fully saturated rings. The number of carboxylic acids is 1. The zero-order valence-electron chi connectivity index (χ0n) is 17.8. The smallest absolute Gasteiger partial charge is 0.341 e. The summed E-state index contributed by atoms with van der Waals surface area (Å²) in [6.45, 7) is 2.61. The van der Waals surface area contributed by atoms with Crippen LogP contribution in [0.2, 0.25) is 0 Å². The van der Waals surface area contributed by atoms with Gasteiger partial charge in [-0.25, -0.2) is 14.2 Å². The minimum absolute atomic E-state index is 0.0252. The monoisotopic (exact) mass is 437 g/mol. The molecule has 2 aromatic heterocycles. The molecule has 0 spiro atoms. The number of aromatic nitrogens is 2. The van der Waals surface area contributed by atoms with Crippen LogP contribution in [0.25, 0.3) is 10.9 Å². The maximum Gasteiger partial charge on any atom is 0.341 e. The number of benzene rings is 1. The number of halogens is 1. The van der Waals surface area contributed by atoms with Gasteiger partial charge < -0.3 is 19.3 Å². The van der Waals surface area contributed by atoms with Gasteiger partial charge in [-0.2, -0.15) is 0 Å². The van der Waals surface area contributed by atoms with Gasteiger partial charge in [0.2, 0.25) is 11.3 Å². The van der Waals surface area contributed by atoms with Crippen molar-refractivity contribution in [3.8, 4) is 5.88 Å². The van der Waals surface area contributed by atoms with Crippen LogP contribution in [0, 0.1) is 12.7 Å². The third-order valence-corrected chi connectivity index (χ3v) is 6.40. The molecule has 7 nitrogen and oxygen atoms in total. The summed E-state index contributed by atoms with van der Waals surface area (Å²) >= 11 is 0. The zero-order chi connectivity index (χ0) is 22.4. The van der Waals surface area contributed by atoms with E-state index in [2.05, 4.69) is 4.98 Å². The number of carbonyl (C=O) groups is 1. The van der Waals surface area contributed by atoms with Crippen LogP contribution < -0.4 is 15.1 Å². The van der Waals surface area contributed by atoms with E-state index in [1.165, 1.54) is 6.20 Å². The van der Waals surface area contributed by atoms with Crippen molar-refractivity contribution in [1.29, 1.82) is 0 Å². The molecule has 0 bridgehead atoms. The molecule has 1 aliphatic heterocycles. The lowest BCUT2D eigenvalue weighted by atomic mass is 10.0. The molecule has 1 saturated heterocycles. The van der Waals surface area contributed by atoms with E-state index in [1.54, 1.807) is 25.3 Å². The number of pyridine rings is 2. The second-order valence-electron chi connectivity index (χ2n) is 8.51. The molecule has 0 amide bonds. The second-order valence-corrected chi connectivity index (χ2v) is 8.51. The first-order valence-corrected chi connectivity index (χ1v) is 10.9. The van der Waals surface area contributed by atoms with Gasteiger partial charge >= 0.3 is 5.97 Å². The summed E-state index contributed by atoms with van der Waals surface area (Å²) in [5, 5.41) is 9.64. The molecular formula is C24H24FN3O4. The first-order chi connectivity index (χ1) is 15.5. The van der Waals surface area contributed by atoms with Gasteiger partial charge in [0, 0.05) is 36.6 Å². The normalized spacial score (nSPS) is 18.3. The topological polar surface area (TPSA) is 84.7 Å². The first-order valence-electron chi connectivity index (χ1n) is 10.9. The quantitative estimate of drug-likeness (QED) is 0.629. The van der Waals surface area contributed by atoms with Crippen LogP contribution in [0.15, 0.2) is 41.5 Å². The lowest BCUT2D eigenvalue weighted by molar-refractivity contribution is 0.0695. The summed E-state index contributed by atoms with van der Waals surface area (Å²) in [6.07, 6.45) is 6.66. The number of carboxylic acid groups (broad SMARTS) is 1. The SMILES string of the molecule is Cc1c(F)c(N2CCCC2COc2ccccn2)cc2c1c(=O)c(C(=O)O)cn2C1CC1. The highest BCUT2D eigenvalue weighted by atomic mass is 19.1. The molecule has 1 atom stereocenters. The largest absolute Gasteiger partial charge is 0.477 e. The van der Waals surface area contributed by atoms with Crippen molar-refractivity contribution in [3.05, 3.63) is 63.8 Å². The molecule has 166 valence electrons. The van der Waals surface area contributed by atoms with E-state index < -0.39 is 17.2 Å². The summed E-state index contributed by atoms with van der Waals surface area (Å²) < 4.78 is 23.3. The Kier molecular flexibility index (Phi) is 5.07. The third-order valence-electron chi connectivity index (χ3n) is 6.40. The molecule has 1 N–H and O–H groups in total. The van der Waals surface area contributed by atoms with Crippen molar-refractivity contribution in [1.82, 2.24) is 9.55 Å². The summed E-state index contributed by atoms with van der Waals surface area (Å²) in [4.78, 5) is 30.7. The first kappa shape index (κ1) is 20.5. The molecule has 1 unspecified atom stereocenters. The number of fused-ring (bicyclic) bond motifs is 1. The highest BCUT2D eigenvalue weighted by Crippen LogP contribution is 2.40. The van der Waals surface area contributed by atoms with Crippen LogP contribution in [0.4, 0.5) is 10.1 Å². The fraction of sp³-hybridized carbons (Fsp3) is 0.375. The van der Waals surface area contributed by atoms with Crippen LogP contribution in [0.1, 0.15) is 47.6 Å². The molecule has 1 aliphatic carbocycles. The van der Waals surface area contributed by atoms with Gasteiger partial charge in [-0.05, 0) is 44.7 Å². The van der Waals surface area contributed by atoms with Crippen molar-refractivity contribution in [2.24, 2.45) is 0 Å². The van der Waals surface area contributed by atoms with Crippen molar-refractivity contribution in [2.75, 3.05) is 18.1 Å². The van der Waals surface area contributed by atoms with Crippen LogP contribution in [-0.2, 0) is 0 Å². The lowest BCUT2D eigenvalue weighted by Crippen LogP contribution is -2.35. The van der Waals surface area contributed by atoms with Gasteiger partial charge in [0.25, 0.3) is 0 Å². The van der Waals surface area contributed by atoms with Gasteiger partial charge in [-0.15, -0.1) is 0 Å². The fourth-order valence-corrected chi connectivity index (χ4v) is 4.61. The summed E-state index contributed by atoms with van der Waals surface area (Å²) in [5.74, 6) is -1.25. The highest BCUT2D eigenvalue weighted by Gasteiger charge is 2.32. The maximum atomic E-state index is 15.6. The minimum atomic E-state index is -1.29. The minimum Gasteiger partial charge on any atom is -0.477 e. The Morgan fingerprint density at radius 1 is 1.31 bits per heavy atom. The molecule has 1 aromatic carbocycles. The number of hydrogen-bond donors (Lipinski definition) is 1. The lowest BCUT2D eigenvalue weighted by Gasteiger charge is -2.28. The predicted octanol–water partition coefficient (Wildman–Crippen LogP) is 3.92. The zero-order valence-corrected chi connectivity index (χ0v) is 17.8. The molecule has 0 radical (unpaired) electrons. The number of hydrogen-bond acceptors (Lipinski definition) is 5. The van der Waals surface area contributed by atoms with Gasteiger partial charge in [-0.1, -0.05) is 6.07 Å². The van der Waals surface area contributed by atoms with Crippen LogP contribution in [-0.4, -0.2) is 39.8 Å². The molecule has 32 heavy (non-hydrogen) atoms. The second kappa shape index (κ2) is 7.93. The van der Waals surface area contributed by atoms with Crippen LogP contribution >= 0.6 is 0 Å². The predicted molar refractivity (Wildman–Crippen MR) is 118 cm³/mol. The Balaban J connectivity index is 1.57. The molecule has 5 rings (SSSR count). The average Bonchev–Trinajstić information content (AvgIpc) is 3.52. The Labute approximate surface area is 184 Å². The number of anilines is 1. The van der Waals surface area contributed by atoms with Crippen molar-refractivity contribution < 1.29 is 19.0 Å². The van der Waals surface area contributed by atoms with Gasteiger partial charge in [-0.3, -0.25) is 4.79 Å². The van der Waals surface area contributed by atoms with Crippen molar-refractivity contribution >= 4 is 22.6 Å². The average molecular weight is 437 g/mol. The fourth-order valence-electron chi connectivity index (χ4n) is 4.61. The highest BCUT2D eigenvalue weighted by molar-refractivity contribution is 5.95. The van der Waals surface area contributed by atoms with Gasteiger partial charge in [0.05, 0.1) is 22.6 Å². The number of aryl methyl sites for hydroxylation is 1. The molecule has 3 heterocycles. The Bertz CT molecular complexity index is 1250. The van der Waals surface area contributed by atoms with E-state index in [0.29, 0.717) is 30.2 Å². The summed E-state index contributed by atoms with van der Waals surface area (Å²) in [6, 6.07) is 7.27. The molecule has 1 saturated carbocycles. The Hall–Kier alpha value is -3.42. The van der Waals surface area contributed by atoms with Crippen LogP contribution in [0.3, 0.4) is 0 Å². The maximum absolute atomic E-state index is 15.6. The van der Waals surface area contributed by atoms with E-state index in [0.717, 1.165) is 25.7 Å². The number of rotatable bonds is 6. The van der Waals surface area contributed by atoms with E-state index in [4.69, 9.17) is 4.74 Å². The molecule has 2 aliphatic rings. The van der Waals surface area contributed by atoms with E-state index in [9.17, 15) is 14.7 Å². The number of ether oxygens (including phenoxy) is 1. The van der Waals surface area contributed by atoms with E-state index >= 15 is 4.39 Å². The Morgan fingerprint density at radius 2 is 2.12 bits per heavy atom. The van der Waals surface area contributed by atoms with Gasteiger partial charge in [0.15, 0.2) is 0 Å². The van der Waals surface area contributed by atoms with Crippen molar-refractivity contribution in [3.63, 3.8) is 0 Å². The van der Waals surface area contributed by atoms with E-state index in [1.807, 2.05) is 21.6 Å². The van der Waals surface area contributed by atoms with Crippen LogP contribution in [0.5, 0.6) is 5.88 Å². The Morgan fingerprint density at radius 3 is 2.81 bits per heavy atom. The number of nitrogens with zero attached hydrogens (tertiary/aromatic N) is 3. The summed E-state index contributed by atoms with van der Waals surface area (Å²) in [7, 11) is 0. The van der Waals surface area contributed by atoms with Crippen molar-refractivity contribution in [2.45, 2.75) is 44.7 Å². The standard InChI is InChI=1S/C24H24FN3O4/c1-14-21-18(28(15-7-8-15)12-17(23(21)29)24(30)31)11-19(22(14)25)27-10-4-5-16(27)13-32-20-6-2-3-9-26-20/h2-3,6,9,11-12,15-16H,4-5,7-8,10,13H2,1H3,(H,30,31). The number of aromatic carboxylic acids is 1. The van der Waals surface area contributed by atoms with E-state index in [-0.39, 0.29) is 28.6 Å². The molecule has 3 aromatic rings. The third kappa shape index (κ3) is 3.49. The summed E-state index contributed by atoms with van der Waals surface area (Å²) in [5.41, 5.74) is 0.259. The molecular weight excluding hydrogens is 413 g/mol. The molecule has 8 heteroatoms.